The van der Waals surface area contributed by atoms with Crippen molar-refractivity contribution in [1.82, 2.24) is 20.3 Å². The van der Waals surface area contributed by atoms with Gasteiger partial charge in [0.05, 0.1) is 28.9 Å². The van der Waals surface area contributed by atoms with Crippen LogP contribution in [0.3, 0.4) is 0 Å². The SMILES string of the molecule is CNC(=O)c1cnc(Nc2cc(C)nc(C)n2)cc1NC(=O)c1cccc(Cl)c1OC. The van der Waals surface area contributed by atoms with Crippen LogP contribution >= 0.6 is 11.6 Å². The van der Waals surface area contributed by atoms with Gasteiger partial charge in [-0.2, -0.15) is 0 Å². The molecule has 1 aromatic carbocycles. The topological polar surface area (TPSA) is 118 Å². The van der Waals surface area contributed by atoms with Crippen LogP contribution in [-0.4, -0.2) is 40.9 Å². The van der Waals surface area contributed by atoms with E-state index in [0.717, 1.165) is 5.69 Å². The molecule has 2 amide bonds. The highest BCUT2D eigenvalue weighted by atomic mass is 35.5. The molecule has 0 radical (unpaired) electrons. The number of para-hydroxylation sites is 1. The summed E-state index contributed by atoms with van der Waals surface area (Å²) in [5.41, 5.74) is 1.47. The molecule has 0 aliphatic heterocycles. The molecular formula is C21H21ClN6O3. The van der Waals surface area contributed by atoms with Gasteiger partial charge in [0.15, 0.2) is 0 Å². The Balaban J connectivity index is 1.97. The van der Waals surface area contributed by atoms with E-state index < -0.39 is 11.8 Å². The lowest BCUT2D eigenvalue weighted by atomic mass is 10.1. The van der Waals surface area contributed by atoms with E-state index in [9.17, 15) is 9.59 Å². The highest BCUT2D eigenvalue weighted by Gasteiger charge is 2.19. The largest absolute Gasteiger partial charge is 0.494 e. The number of carbonyl (C=O) groups excluding carboxylic acids is 2. The van der Waals surface area contributed by atoms with Crippen molar-refractivity contribution in [2.24, 2.45) is 0 Å². The number of ether oxygens (including phenoxy) is 1. The number of hydrogen-bond acceptors (Lipinski definition) is 7. The van der Waals surface area contributed by atoms with Crippen LogP contribution in [-0.2, 0) is 0 Å². The van der Waals surface area contributed by atoms with Gasteiger partial charge in [-0.3, -0.25) is 9.59 Å². The predicted octanol–water partition coefficient (Wildman–Crippen LogP) is 3.51. The molecule has 0 atom stereocenters. The molecule has 0 fully saturated rings. The summed E-state index contributed by atoms with van der Waals surface area (Å²) < 4.78 is 5.25. The van der Waals surface area contributed by atoms with Gasteiger partial charge in [-0.1, -0.05) is 17.7 Å². The van der Waals surface area contributed by atoms with Crippen molar-refractivity contribution in [3.05, 3.63) is 64.2 Å². The molecule has 0 saturated carbocycles. The molecule has 9 nitrogen and oxygen atoms in total. The first-order valence-electron chi connectivity index (χ1n) is 9.27. The number of hydrogen-bond donors (Lipinski definition) is 3. The minimum Gasteiger partial charge on any atom is -0.494 e. The zero-order chi connectivity index (χ0) is 22.5. The lowest BCUT2D eigenvalue weighted by molar-refractivity contribution is 0.0963. The van der Waals surface area contributed by atoms with Crippen LogP contribution in [0.5, 0.6) is 5.75 Å². The Hall–Kier alpha value is -3.72. The van der Waals surface area contributed by atoms with Gasteiger partial charge < -0.3 is 20.7 Å². The number of halogens is 1. The number of pyridine rings is 1. The Kier molecular flexibility index (Phi) is 6.66. The molecular weight excluding hydrogens is 420 g/mol. The van der Waals surface area contributed by atoms with Crippen molar-refractivity contribution in [2.45, 2.75) is 13.8 Å². The maximum absolute atomic E-state index is 12.9. The van der Waals surface area contributed by atoms with Gasteiger partial charge in [0.25, 0.3) is 11.8 Å². The zero-order valence-electron chi connectivity index (χ0n) is 17.4. The molecule has 0 saturated heterocycles. The number of anilines is 3. The third-order valence-electron chi connectivity index (χ3n) is 4.26. The van der Waals surface area contributed by atoms with Crippen LogP contribution in [0.15, 0.2) is 36.5 Å². The molecule has 0 unspecified atom stereocenters. The number of carbonyl (C=O) groups is 2. The van der Waals surface area contributed by atoms with Crippen LogP contribution in [0.1, 0.15) is 32.2 Å². The quantitative estimate of drug-likeness (QED) is 0.536. The van der Waals surface area contributed by atoms with E-state index in [2.05, 4.69) is 30.9 Å². The summed E-state index contributed by atoms with van der Waals surface area (Å²) in [6, 6.07) is 8.14. The van der Waals surface area contributed by atoms with Gasteiger partial charge in [0.1, 0.15) is 23.2 Å². The smallest absolute Gasteiger partial charge is 0.259 e. The molecule has 2 aromatic heterocycles. The highest BCUT2D eigenvalue weighted by Crippen LogP contribution is 2.29. The van der Waals surface area contributed by atoms with Crippen LogP contribution in [0.4, 0.5) is 17.3 Å². The molecule has 0 bridgehead atoms. The minimum absolute atomic E-state index is 0.192. The van der Waals surface area contributed by atoms with Gasteiger partial charge in [0, 0.05) is 31.1 Å². The number of rotatable bonds is 6. The Labute approximate surface area is 184 Å². The molecule has 31 heavy (non-hydrogen) atoms. The van der Waals surface area contributed by atoms with Crippen molar-refractivity contribution in [1.29, 1.82) is 0 Å². The van der Waals surface area contributed by atoms with Crippen LogP contribution in [0.25, 0.3) is 0 Å². The van der Waals surface area contributed by atoms with E-state index >= 15 is 0 Å². The minimum atomic E-state index is -0.490. The van der Waals surface area contributed by atoms with Crippen molar-refractivity contribution in [3.8, 4) is 5.75 Å². The second-order valence-corrected chi connectivity index (χ2v) is 6.94. The fourth-order valence-corrected chi connectivity index (χ4v) is 3.19. The molecule has 0 aliphatic carbocycles. The van der Waals surface area contributed by atoms with E-state index in [1.807, 2.05) is 6.92 Å². The van der Waals surface area contributed by atoms with Crippen molar-refractivity contribution >= 4 is 40.7 Å². The normalized spacial score (nSPS) is 10.4. The number of benzene rings is 1. The molecule has 10 heteroatoms. The second kappa shape index (κ2) is 9.40. The molecule has 3 rings (SSSR count). The average molecular weight is 441 g/mol. The summed E-state index contributed by atoms with van der Waals surface area (Å²) >= 11 is 6.12. The van der Waals surface area contributed by atoms with Gasteiger partial charge >= 0.3 is 0 Å². The monoisotopic (exact) mass is 440 g/mol. The summed E-state index contributed by atoms with van der Waals surface area (Å²) in [7, 11) is 2.92. The fraction of sp³-hybridized carbons (Fsp3) is 0.190. The standard InChI is InChI=1S/C21H21ClN6O3/c1-11-8-18(26-12(2)25-11)28-17-9-16(14(10-24-17)20(29)23-3)27-21(30)13-6-5-7-15(22)19(13)31-4/h5-10H,1-4H3,(H,23,29)(H2,24,25,26,27,28,30). The Morgan fingerprint density at radius 3 is 2.48 bits per heavy atom. The summed E-state index contributed by atoms with van der Waals surface area (Å²) in [5, 5.41) is 8.64. The fourth-order valence-electron chi connectivity index (χ4n) is 2.94. The number of nitrogens with one attached hydrogen (secondary N) is 3. The summed E-state index contributed by atoms with van der Waals surface area (Å²) in [4.78, 5) is 38.0. The first-order chi connectivity index (χ1) is 14.8. The summed E-state index contributed by atoms with van der Waals surface area (Å²) in [5.74, 6) is 0.877. The number of amides is 2. The van der Waals surface area contributed by atoms with Gasteiger partial charge in [-0.25, -0.2) is 15.0 Å². The zero-order valence-corrected chi connectivity index (χ0v) is 18.2. The van der Waals surface area contributed by atoms with Gasteiger partial charge in [0.2, 0.25) is 0 Å². The molecule has 0 spiro atoms. The van der Waals surface area contributed by atoms with Crippen LogP contribution < -0.4 is 20.7 Å². The number of methoxy groups -OCH3 is 1. The lowest BCUT2D eigenvalue weighted by Crippen LogP contribution is -2.22. The number of aromatic nitrogens is 3. The third-order valence-corrected chi connectivity index (χ3v) is 4.56. The predicted molar refractivity (Wildman–Crippen MR) is 118 cm³/mol. The van der Waals surface area contributed by atoms with E-state index in [0.29, 0.717) is 22.5 Å². The molecule has 160 valence electrons. The number of aryl methyl sites for hydroxylation is 2. The third kappa shape index (κ3) is 5.07. The van der Waals surface area contributed by atoms with E-state index in [-0.39, 0.29) is 22.6 Å². The maximum Gasteiger partial charge on any atom is 0.259 e. The second-order valence-electron chi connectivity index (χ2n) is 6.54. The summed E-state index contributed by atoms with van der Waals surface area (Å²) in [6.45, 7) is 3.64. The van der Waals surface area contributed by atoms with E-state index in [1.54, 1.807) is 37.3 Å². The van der Waals surface area contributed by atoms with Gasteiger partial charge in [-0.15, -0.1) is 0 Å². The van der Waals surface area contributed by atoms with Crippen LogP contribution in [0, 0.1) is 13.8 Å². The molecule has 3 N–H and O–H groups in total. The average Bonchev–Trinajstić information content (AvgIpc) is 2.72. The van der Waals surface area contributed by atoms with Gasteiger partial charge in [-0.05, 0) is 26.0 Å². The maximum atomic E-state index is 12.9. The van der Waals surface area contributed by atoms with Crippen molar-refractivity contribution in [2.75, 3.05) is 24.8 Å². The highest BCUT2D eigenvalue weighted by molar-refractivity contribution is 6.32. The first kappa shape index (κ1) is 22.0. The number of nitrogens with zero attached hydrogens (tertiary/aromatic N) is 3. The summed E-state index contributed by atoms with van der Waals surface area (Å²) in [6.07, 6.45) is 1.37. The Morgan fingerprint density at radius 2 is 1.81 bits per heavy atom. The van der Waals surface area contributed by atoms with E-state index in [1.165, 1.54) is 20.4 Å². The molecule has 2 heterocycles. The van der Waals surface area contributed by atoms with Crippen molar-refractivity contribution in [3.63, 3.8) is 0 Å². The Morgan fingerprint density at radius 1 is 1.03 bits per heavy atom. The Bertz CT molecular complexity index is 1130. The molecule has 0 aliphatic rings. The van der Waals surface area contributed by atoms with E-state index in [4.69, 9.17) is 16.3 Å². The van der Waals surface area contributed by atoms with Crippen molar-refractivity contribution < 1.29 is 14.3 Å². The van der Waals surface area contributed by atoms with Crippen LogP contribution in [0.2, 0.25) is 5.02 Å². The first-order valence-corrected chi connectivity index (χ1v) is 9.65. The molecule has 3 aromatic rings. The lowest BCUT2D eigenvalue weighted by Gasteiger charge is -2.14.